The number of aromatic nitrogens is 1. The number of aryl methyl sites for hydroxylation is 1. The number of rotatable bonds is 12. The summed E-state index contributed by atoms with van der Waals surface area (Å²) in [5.74, 6) is -0.830. The lowest BCUT2D eigenvalue weighted by atomic mass is 10.1. The van der Waals surface area contributed by atoms with E-state index in [0.717, 1.165) is 23.4 Å². The van der Waals surface area contributed by atoms with E-state index in [4.69, 9.17) is 5.73 Å². The number of halogens is 1. The maximum Gasteiger partial charge on any atom is 0.268 e. The Hall–Kier alpha value is -3.35. The molecule has 214 valence electrons. The van der Waals surface area contributed by atoms with Crippen molar-refractivity contribution >= 4 is 47.2 Å². The number of hydrogen-bond acceptors (Lipinski definition) is 8. The van der Waals surface area contributed by atoms with Gasteiger partial charge in [0.1, 0.15) is 10.7 Å². The third kappa shape index (κ3) is 7.43. The number of anilines is 1. The van der Waals surface area contributed by atoms with Crippen LogP contribution in [0.4, 0.5) is 5.69 Å². The largest absolute Gasteiger partial charge is 0.364 e. The Morgan fingerprint density at radius 3 is 2.35 bits per heavy atom. The van der Waals surface area contributed by atoms with Gasteiger partial charge in [0.25, 0.3) is 11.8 Å². The zero-order chi connectivity index (χ0) is 27.9. The van der Waals surface area contributed by atoms with Crippen molar-refractivity contribution in [2.24, 2.45) is 5.73 Å². The van der Waals surface area contributed by atoms with Crippen molar-refractivity contribution in [3.63, 3.8) is 0 Å². The number of primary amides is 1. The van der Waals surface area contributed by atoms with Crippen molar-refractivity contribution < 1.29 is 14.4 Å². The number of carbonyl (C=O) groups is 3. The quantitative estimate of drug-likeness (QED) is 0.279. The standard InChI is InChI=1S/C28H35N7O3S.ClH/c1-4-30-11-12-35(24-13-20(10-9-19(24)2)28-32-23(18-39-28)27(29)38)26(37)15-31-14-25(36)33(3)34-16-21-7-5-6-8-22(21)17-34;/h5-10,13,18,30-31H,4,11-12,14-17H2,1-3H3,(H2,29,38);1H. The highest BCUT2D eigenvalue weighted by molar-refractivity contribution is 7.13. The first-order valence-electron chi connectivity index (χ1n) is 12.9. The van der Waals surface area contributed by atoms with Crippen LogP contribution in [-0.4, -0.2) is 72.5 Å². The van der Waals surface area contributed by atoms with Crippen LogP contribution in [0.15, 0.2) is 47.8 Å². The van der Waals surface area contributed by atoms with Gasteiger partial charge in [-0.2, -0.15) is 0 Å². The summed E-state index contributed by atoms with van der Waals surface area (Å²) in [4.78, 5) is 43.8. The summed E-state index contributed by atoms with van der Waals surface area (Å²) in [5.41, 5.74) is 10.5. The maximum absolute atomic E-state index is 13.4. The summed E-state index contributed by atoms with van der Waals surface area (Å²) < 4.78 is 0. The third-order valence-electron chi connectivity index (χ3n) is 6.73. The number of nitrogens with one attached hydrogen (secondary N) is 2. The number of carbonyl (C=O) groups excluding carboxylic acids is 3. The Balaban J connectivity index is 0.00000441. The van der Waals surface area contributed by atoms with E-state index in [-0.39, 0.29) is 43.0 Å². The Morgan fingerprint density at radius 1 is 1.05 bits per heavy atom. The van der Waals surface area contributed by atoms with E-state index in [1.165, 1.54) is 22.5 Å². The molecule has 0 bridgehead atoms. The Bertz CT molecular complexity index is 1320. The van der Waals surface area contributed by atoms with E-state index in [1.807, 2.05) is 49.2 Å². The number of nitrogens with two attached hydrogens (primary N) is 1. The molecule has 3 amide bonds. The summed E-state index contributed by atoms with van der Waals surface area (Å²) in [5, 5.41) is 12.2. The minimum Gasteiger partial charge on any atom is -0.364 e. The predicted molar refractivity (Wildman–Crippen MR) is 160 cm³/mol. The van der Waals surface area contributed by atoms with Crippen LogP contribution < -0.4 is 21.3 Å². The SMILES string of the molecule is CCNCCN(C(=O)CNCC(=O)N(C)N1Cc2ccccc2C1)c1cc(-c2nc(C(N)=O)cs2)ccc1C.Cl. The van der Waals surface area contributed by atoms with E-state index in [1.54, 1.807) is 22.3 Å². The average molecular weight is 586 g/mol. The van der Waals surface area contributed by atoms with Gasteiger partial charge in [-0.3, -0.25) is 24.7 Å². The van der Waals surface area contributed by atoms with E-state index in [9.17, 15) is 14.4 Å². The molecule has 1 aromatic heterocycles. The van der Waals surface area contributed by atoms with Crippen molar-refractivity contribution in [3.05, 3.63) is 70.2 Å². The molecule has 2 heterocycles. The minimum atomic E-state index is -0.576. The number of hydrazine groups is 1. The topological polar surface area (TPSA) is 124 Å². The fourth-order valence-corrected chi connectivity index (χ4v) is 5.28. The normalized spacial score (nSPS) is 12.5. The second kappa shape index (κ2) is 14.3. The zero-order valence-electron chi connectivity index (χ0n) is 23.0. The first kappa shape index (κ1) is 31.2. The molecule has 1 aliphatic rings. The van der Waals surface area contributed by atoms with Gasteiger partial charge in [-0.1, -0.05) is 43.3 Å². The van der Waals surface area contributed by atoms with Gasteiger partial charge < -0.3 is 16.0 Å². The summed E-state index contributed by atoms with van der Waals surface area (Å²) in [6, 6.07) is 13.9. The van der Waals surface area contributed by atoms with Gasteiger partial charge in [0.15, 0.2) is 0 Å². The fourth-order valence-electron chi connectivity index (χ4n) is 4.47. The number of thiazole rings is 1. The molecule has 4 N–H and O–H groups in total. The molecule has 2 aromatic carbocycles. The fraction of sp³-hybridized carbons (Fsp3) is 0.357. The van der Waals surface area contributed by atoms with E-state index in [0.29, 0.717) is 31.2 Å². The lowest BCUT2D eigenvalue weighted by Crippen LogP contribution is -2.47. The molecule has 40 heavy (non-hydrogen) atoms. The molecule has 0 spiro atoms. The number of hydrogen-bond donors (Lipinski definition) is 3. The summed E-state index contributed by atoms with van der Waals surface area (Å²) in [6.07, 6.45) is 0. The molecular formula is C28H36ClN7O3S. The van der Waals surface area contributed by atoms with Gasteiger partial charge in [0.2, 0.25) is 5.91 Å². The van der Waals surface area contributed by atoms with Gasteiger partial charge in [-0.15, -0.1) is 23.7 Å². The number of likely N-dealkylation sites (N-methyl/N-ethyl adjacent to an activating group) is 2. The lowest BCUT2D eigenvalue weighted by molar-refractivity contribution is -0.145. The van der Waals surface area contributed by atoms with Gasteiger partial charge in [-0.05, 0) is 36.2 Å². The number of fused-ring (bicyclic) bond motifs is 1. The van der Waals surface area contributed by atoms with Gasteiger partial charge in [0.05, 0.1) is 13.1 Å². The Morgan fingerprint density at radius 2 is 1.73 bits per heavy atom. The summed E-state index contributed by atoms with van der Waals surface area (Å²) >= 11 is 1.33. The third-order valence-corrected chi connectivity index (χ3v) is 7.62. The van der Waals surface area contributed by atoms with Crippen LogP contribution in [0.5, 0.6) is 0 Å². The second-order valence-corrected chi connectivity index (χ2v) is 10.3. The smallest absolute Gasteiger partial charge is 0.268 e. The predicted octanol–water partition coefficient (Wildman–Crippen LogP) is 2.56. The van der Waals surface area contributed by atoms with E-state index in [2.05, 4.69) is 27.8 Å². The van der Waals surface area contributed by atoms with Crippen LogP contribution in [0, 0.1) is 6.92 Å². The monoisotopic (exact) mass is 585 g/mol. The van der Waals surface area contributed by atoms with Crippen molar-refractivity contribution in [3.8, 4) is 10.6 Å². The summed E-state index contributed by atoms with van der Waals surface area (Å²) in [7, 11) is 1.76. The van der Waals surface area contributed by atoms with Gasteiger partial charge in [-0.25, -0.2) is 9.99 Å². The van der Waals surface area contributed by atoms with Crippen LogP contribution in [0.2, 0.25) is 0 Å². The highest BCUT2D eigenvalue weighted by Gasteiger charge is 2.25. The average Bonchev–Trinajstić information content (AvgIpc) is 3.59. The molecule has 4 rings (SSSR count). The van der Waals surface area contributed by atoms with Crippen molar-refractivity contribution in [2.45, 2.75) is 26.9 Å². The molecule has 3 aromatic rings. The molecule has 1 aliphatic heterocycles. The number of nitrogens with zero attached hydrogens (tertiary/aromatic N) is 4. The Labute approximate surface area is 244 Å². The van der Waals surface area contributed by atoms with E-state index >= 15 is 0 Å². The molecule has 12 heteroatoms. The molecule has 0 fully saturated rings. The lowest BCUT2D eigenvalue weighted by Gasteiger charge is -2.28. The van der Waals surface area contributed by atoms with Crippen LogP contribution in [0.1, 0.15) is 34.1 Å². The first-order chi connectivity index (χ1) is 18.8. The zero-order valence-corrected chi connectivity index (χ0v) is 24.6. The molecule has 10 nitrogen and oxygen atoms in total. The van der Waals surface area contributed by atoms with Crippen molar-refractivity contribution in [1.29, 1.82) is 0 Å². The van der Waals surface area contributed by atoms with Crippen LogP contribution in [0.3, 0.4) is 0 Å². The number of amides is 3. The Kier molecular flexibility index (Phi) is 11.2. The van der Waals surface area contributed by atoms with Crippen LogP contribution in [-0.2, 0) is 22.7 Å². The van der Waals surface area contributed by atoms with Crippen LogP contribution in [0.25, 0.3) is 10.6 Å². The molecule has 0 saturated carbocycles. The summed E-state index contributed by atoms with van der Waals surface area (Å²) in [6.45, 7) is 7.26. The molecule has 0 radical (unpaired) electrons. The van der Waals surface area contributed by atoms with Crippen LogP contribution >= 0.6 is 23.7 Å². The van der Waals surface area contributed by atoms with E-state index < -0.39 is 5.91 Å². The van der Waals surface area contributed by atoms with Crippen molar-refractivity contribution in [1.82, 2.24) is 25.6 Å². The molecule has 0 atom stereocenters. The molecule has 0 saturated heterocycles. The van der Waals surface area contributed by atoms with Gasteiger partial charge >= 0.3 is 0 Å². The molecular weight excluding hydrogens is 550 g/mol. The second-order valence-electron chi connectivity index (χ2n) is 9.41. The first-order valence-corrected chi connectivity index (χ1v) is 13.8. The highest BCUT2D eigenvalue weighted by atomic mass is 35.5. The van der Waals surface area contributed by atoms with Gasteiger partial charge in [0, 0.05) is 49.9 Å². The number of benzene rings is 2. The molecule has 0 aliphatic carbocycles. The molecule has 0 unspecified atom stereocenters. The van der Waals surface area contributed by atoms with Crippen molar-refractivity contribution in [2.75, 3.05) is 44.7 Å². The minimum absolute atomic E-state index is 0. The highest BCUT2D eigenvalue weighted by Crippen LogP contribution is 2.30. The maximum atomic E-state index is 13.4.